The van der Waals surface area contributed by atoms with Crippen molar-refractivity contribution < 1.29 is 38.1 Å². The number of rotatable bonds is 4. The molecule has 5 aromatic rings. The lowest BCUT2D eigenvalue weighted by Crippen LogP contribution is -2.29. The Labute approximate surface area is 343 Å². The minimum atomic E-state index is -0.879. The standard InChI is InChI=1S/C42H48Br2N4O8/c1-39(2,3)53-35(49)45-21-13-15-31(45)33-19-17-29(47(33)37(51)55-41(7,8)9)25-23-27(43)28(44)24-26(25)30-18-20-34(48(30)38(52)56-42(10,11)12)32-16-14-22-46(32)36(50)54-40(4,5)6/h13-24H,1-12H3. The van der Waals surface area contributed by atoms with E-state index in [0.29, 0.717) is 54.2 Å². The van der Waals surface area contributed by atoms with Crippen LogP contribution in [0.15, 0.2) is 82.0 Å². The average Bonchev–Trinajstić information content (AvgIpc) is 3.83. The first-order chi connectivity index (χ1) is 25.7. The second-order valence-corrected chi connectivity index (χ2v) is 18.8. The van der Waals surface area contributed by atoms with Crippen LogP contribution in [0.3, 0.4) is 0 Å². The number of ether oxygens (including phenoxy) is 4. The molecule has 0 aliphatic rings. The smallest absolute Gasteiger partial charge is 0.419 e. The molecule has 0 saturated heterocycles. The lowest BCUT2D eigenvalue weighted by Gasteiger charge is -2.24. The van der Waals surface area contributed by atoms with E-state index in [1.165, 1.54) is 18.3 Å². The quantitative estimate of drug-likeness (QED) is 0.163. The first-order valence-electron chi connectivity index (χ1n) is 18.0. The maximum Gasteiger partial charge on any atom is 0.419 e. The Bertz CT molecular complexity index is 2150. The van der Waals surface area contributed by atoms with Gasteiger partial charge in [0, 0.05) is 32.5 Å². The summed E-state index contributed by atoms with van der Waals surface area (Å²) in [5.74, 6) is 0. The van der Waals surface area contributed by atoms with E-state index in [1.807, 2.05) is 12.1 Å². The fraction of sp³-hybridized carbons (Fsp3) is 0.381. The van der Waals surface area contributed by atoms with Gasteiger partial charge < -0.3 is 18.9 Å². The minimum absolute atomic E-state index is 0.355. The zero-order valence-electron chi connectivity index (χ0n) is 33.7. The van der Waals surface area contributed by atoms with Gasteiger partial charge in [-0.2, -0.15) is 0 Å². The van der Waals surface area contributed by atoms with E-state index in [9.17, 15) is 19.2 Å². The van der Waals surface area contributed by atoms with Crippen LogP contribution in [0.5, 0.6) is 0 Å². The molecule has 0 aliphatic heterocycles. The number of hydrogen-bond donors (Lipinski definition) is 0. The normalized spacial score (nSPS) is 12.4. The Morgan fingerprint density at radius 3 is 1.02 bits per heavy atom. The van der Waals surface area contributed by atoms with Gasteiger partial charge in [-0.25, -0.2) is 28.3 Å². The zero-order chi connectivity index (χ0) is 41.7. The maximum atomic E-state index is 14.3. The summed E-state index contributed by atoms with van der Waals surface area (Å²) >= 11 is 7.29. The van der Waals surface area contributed by atoms with Gasteiger partial charge in [0.2, 0.25) is 0 Å². The Hall–Kier alpha value is -4.82. The van der Waals surface area contributed by atoms with Crippen LogP contribution in [-0.4, -0.2) is 65.0 Å². The molecular formula is C42H48Br2N4O8. The van der Waals surface area contributed by atoms with Gasteiger partial charge in [0.05, 0.1) is 34.2 Å². The molecule has 56 heavy (non-hydrogen) atoms. The summed E-state index contributed by atoms with van der Waals surface area (Å²) in [7, 11) is 0. The number of halogens is 2. The summed E-state index contributed by atoms with van der Waals surface area (Å²) in [5, 5.41) is 0. The van der Waals surface area contributed by atoms with Gasteiger partial charge >= 0.3 is 24.4 Å². The summed E-state index contributed by atoms with van der Waals surface area (Å²) in [4.78, 5) is 55.4. The van der Waals surface area contributed by atoms with E-state index >= 15 is 0 Å². The van der Waals surface area contributed by atoms with E-state index in [1.54, 1.807) is 144 Å². The average molecular weight is 897 g/mol. The van der Waals surface area contributed by atoms with Crippen LogP contribution in [0.25, 0.3) is 45.3 Å². The number of benzene rings is 1. The largest absolute Gasteiger partial charge is 0.443 e. The van der Waals surface area contributed by atoms with Crippen LogP contribution in [0, 0.1) is 0 Å². The molecule has 0 unspecified atom stereocenters. The highest BCUT2D eigenvalue weighted by molar-refractivity contribution is 9.13. The molecule has 0 radical (unpaired) electrons. The molecule has 14 heteroatoms. The Balaban J connectivity index is 1.80. The highest BCUT2D eigenvalue weighted by Crippen LogP contribution is 2.43. The van der Waals surface area contributed by atoms with Crippen molar-refractivity contribution in [3.05, 3.63) is 82.0 Å². The number of nitrogens with zero attached hydrogens (tertiary/aromatic N) is 4. The number of carbonyl (C=O) groups is 4. The van der Waals surface area contributed by atoms with Gasteiger partial charge in [-0.15, -0.1) is 0 Å². The molecule has 0 spiro atoms. The summed E-state index contributed by atoms with van der Waals surface area (Å²) in [5.41, 5.74) is 0.00206. The molecule has 12 nitrogen and oxygen atoms in total. The number of carbonyl (C=O) groups excluding carboxylic acids is 4. The second-order valence-electron chi connectivity index (χ2n) is 17.1. The molecule has 4 heterocycles. The van der Waals surface area contributed by atoms with E-state index < -0.39 is 46.8 Å². The van der Waals surface area contributed by atoms with Gasteiger partial charge in [-0.3, -0.25) is 9.13 Å². The third kappa shape index (κ3) is 9.58. The van der Waals surface area contributed by atoms with E-state index in [0.717, 1.165) is 0 Å². The Morgan fingerprint density at radius 2 is 0.714 bits per heavy atom. The monoisotopic (exact) mass is 894 g/mol. The molecule has 5 rings (SSSR count). The molecule has 1 aromatic carbocycles. The van der Waals surface area contributed by atoms with Crippen molar-refractivity contribution in [3.8, 4) is 45.3 Å². The van der Waals surface area contributed by atoms with Crippen LogP contribution in [-0.2, 0) is 18.9 Å². The van der Waals surface area contributed by atoms with Crippen molar-refractivity contribution in [1.82, 2.24) is 18.3 Å². The predicted octanol–water partition coefficient (Wildman–Crippen LogP) is 12.2. The molecule has 0 fully saturated rings. The van der Waals surface area contributed by atoms with Crippen molar-refractivity contribution in [1.29, 1.82) is 0 Å². The van der Waals surface area contributed by atoms with E-state index in [2.05, 4.69) is 31.9 Å². The topological polar surface area (TPSA) is 125 Å². The Kier molecular flexibility index (Phi) is 11.5. The third-order valence-corrected chi connectivity index (χ3v) is 9.57. The van der Waals surface area contributed by atoms with Crippen molar-refractivity contribution in [2.24, 2.45) is 0 Å². The van der Waals surface area contributed by atoms with Crippen LogP contribution >= 0.6 is 31.9 Å². The molecular weight excluding hydrogens is 848 g/mol. The highest BCUT2D eigenvalue weighted by atomic mass is 79.9. The van der Waals surface area contributed by atoms with Gasteiger partial charge in [-0.1, -0.05) is 0 Å². The van der Waals surface area contributed by atoms with E-state index in [4.69, 9.17) is 18.9 Å². The molecule has 298 valence electrons. The van der Waals surface area contributed by atoms with Crippen molar-refractivity contribution in [2.45, 2.75) is 105 Å². The van der Waals surface area contributed by atoms with Crippen LogP contribution in [0.4, 0.5) is 19.2 Å². The third-order valence-electron chi connectivity index (χ3n) is 7.73. The van der Waals surface area contributed by atoms with Crippen molar-refractivity contribution in [2.75, 3.05) is 0 Å². The molecule has 0 bridgehead atoms. The van der Waals surface area contributed by atoms with Gasteiger partial charge in [0.25, 0.3) is 0 Å². The molecule has 0 aliphatic carbocycles. The summed E-state index contributed by atoms with van der Waals surface area (Å²) < 4.78 is 30.1. The van der Waals surface area contributed by atoms with Gasteiger partial charge in [-0.05, 0) is 176 Å². The fourth-order valence-corrected chi connectivity index (χ4v) is 6.48. The summed E-state index contributed by atoms with van der Waals surface area (Å²) in [6.07, 6.45) is 0.489. The summed E-state index contributed by atoms with van der Waals surface area (Å²) in [6, 6.07) is 17.4. The highest BCUT2D eigenvalue weighted by Gasteiger charge is 2.31. The predicted molar refractivity (Wildman–Crippen MR) is 222 cm³/mol. The Morgan fingerprint density at radius 1 is 0.429 bits per heavy atom. The molecule has 4 aromatic heterocycles. The first kappa shape index (κ1) is 42.3. The van der Waals surface area contributed by atoms with Crippen molar-refractivity contribution in [3.63, 3.8) is 0 Å². The van der Waals surface area contributed by atoms with Crippen LogP contribution in [0.2, 0.25) is 0 Å². The van der Waals surface area contributed by atoms with Crippen LogP contribution in [0.1, 0.15) is 83.1 Å². The second kappa shape index (κ2) is 15.3. The van der Waals surface area contributed by atoms with E-state index in [-0.39, 0.29) is 0 Å². The molecule has 0 amide bonds. The lowest BCUT2D eigenvalue weighted by atomic mass is 10.0. The summed E-state index contributed by atoms with van der Waals surface area (Å²) in [6.45, 7) is 21.2. The molecule has 0 N–H and O–H groups in total. The SMILES string of the molecule is CC(C)(C)OC(=O)n1cccc1-c1ccc(-c2cc(Br)c(Br)cc2-c2ccc(-c3cccn3C(=O)OC(C)(C)C)n2C(=O)OC(C)(C)C)n1C(=O)OC(C)(C)C. The lowest BCUT2D eigenvalue weighted by molar-refractivity contribution is 0.0521. The van der Waals surface area contributed by atoms with Gasteiger partial charge in [0.15, 0.2) is 0 Å². The van der Waals surface area contributed by atoms with Crippen molar-refractivity contribution >= 4 is 56.2 Å². The number of hydrogen-bond acceptors (Lipinski definition) is 8. The zero-order valence-corrected chi connectivity index (χ0v) is 36.9. The fourth-order valence-electron chi connectivity index (χ4n) is 5.79. The maximum absolute atomic E-state index is 14.3. The van der Waals surface area contributed by atoms with Gasteiger partial charge in [0.1, 0.15) is 22.4 Å². The number of aromatic nitrogens is 4. The molecule has 0 saturated carbocycles. The molecule has 0 atom stereocenters. The van der Waals surface area contributed by atoms with Crippen LogP contribution < -0.4 is 0 Å². The minimum Gasteiger partial charge on any atom is -0.443 e. The first-order valence-corrected chi connectivity index (χ1v) is 19.6.